The van der Waals surface area contributed by atoms with Crippen molar-refractivity contribution in [3.8, 4) is 0 Å². The zero-order valence-electron chi connectivity index (χ0n) is 10.6. The number of halogens is 1. The number of ketones is 1. The highest BCUT2D eigenvalue weighted by Crippen LogP contribution is 2.14. The van der Waals surface area contributed by atoms with Gasteiger partial charge in [-0.05, 0) is 23.3 Å². The molecule has 2 aromatic rings. The zero-order valence-corrected chi connectivity index (χ0v) is 11.3. The third-order valence-corrected chi connectivity index (χ3v) is 3.11. The fourth-order valence-corrected chi connectivity index (χ4v) is 1.98. The molecule has 0 saturated carbocycles. The Bertz CT molecular complexity index is 621. The largest absolute Gasteiger partial charge is 0.299 e. The Kier molecular flexibility index (Phi) is 4.48. The molecule has 0 fully saturated rings. The molecule has 0 aromatic heterocycles. The first-order chi connectivity index (χ1) is 9.54. The van der Waals surface area contributed by atoms with Crippen molar-refractivity contribution in [2.75, 3.05) is 0 Å². The second-order valence-electron chi connectivity index (χ2n) is 4.44. The van der Waals surface area contributed by atoms with Crippen molar-refractivity contribution in [1.82, 2.24) is 0 Å². The van der Waals surface area contributed by atoms with Gasteiger partial charge in [0.05, 0.1) is 4.92 Å². The fraction of sp³-hybridized carbons (Fsp3) is 0.133. The van der Waals surface area contributed by atoms with Crippen LogP contribution in [-0.4, -0.2) is 10.7 Å². The molecule has 0 radical (unpaired) electrons. The lowest BCUT2D eigenvalue weighted by Crippen LogP contribution is -2.06. The van der Waals surface area contributed by atoms with Gasteiger partial charge in [0.25, 0.3) is 5.69 Å². The van der Waals surface area contributed by atoms with Gasteiger partial charge in [0.1, 0.15) is 5.78 Å². The standard InChI is InChI=1S/C15H12ClNO3/c16-13-5-1-11(2-6-13)9-15(18)10-12-3-7-14(8-4-12)17(19)20/h1-8H,9-10H2. The number of hydrogen-bond donors (Lipinski definition) is 0. The number of Topliss-reactive ketones (excluding diaryl/α,β-unsaturated/α-hetero) is 1. The van der Waals surface area contributed by atoms with Crippen LogP contribution in [-0.2, 0) is 17.6 Å². The maximum Gasteiger partial charge on any atom is 0.269 e. The molecule has 0 unspecified atom stereocenters. The summed E-state index contributed by atoms with van der Waals surface area (Å²) in [7, 11) is 0. The van der Waals surface area contributed by atoms with E-state index in [2.05, 4.69) is 0 Å². The van der Waals surface area contributed by atoms with Crippen LogP contribution in [0.1, 0.15) is 11.1 Å². The number of non-ortho nitro benzene ring substituents is 1. The molecule has 0 bridgehead atoms. The lowest BCUT2D eigenvalue weighted by atomic mass is 10.0. The molecule has 2 aromatic carbocycles. The SMILES string of the molecule is O=C(Cc1ccc(Cl)cc1)Cc1ccc([N+](=O)[O-])cc1. The Balaban J connectivity index is 1.97. The number of nitrogens with zero attached hydrogens (tertiary/aromatic N) is 1. The van der Waals surface area contributed by atoms with Gasteiger partial charge in [0, 0.05) is 30.0 Å². The highest BCUT2D eigenvalue weighted by Gasteiger charge is 2.08. The van der Waals surface area contributed by atoms with E-state index < -0.39 is 4.92 Å². The second-order valence-corrected chi connectivity index (χ2v) is 4.88. The average molecular weight is 290 g/mol. The van der Waals surface area contributed by atoms with E-state index >= 15 is 0 Å². The summed E-state index contributed by atoms with van der Waals surface area (Å²) in [4.78, 5) is 22.0. The number of carbonyl (C=O) groups excluding carboxylic acids is 1. The smallest absolute Gasteiger partial charge is 0.269 e. The van der Waals surface area contributed by atoms with Crippen LogP contribution in [0.2, 0.25) is 5.02 Å². The van der Waals surface area contributed by atoms with E-state index in [0.29, 0.717) is 11.4 Å². The summed E-state index contributed by atoms with van der Waals surface area (Å²) in [6.45, 7) is 0. The monoisotopic (exact) mass is 289 g/mol. The van der Waals surface area contributed by atoms with E-state index in [-0.39, 0.29) is 17.9 Å². The molecule has 0 N–H and O–H groups in total. The van der Waals surface area contributed by atoms with Gasteiger partial charge in [0.15, 0.2) is 0 Å². The summed E-state index contributed by atoms with van der Waals surface area (Å²) in [5.74, 6) is 0.0566. The Morgan fingerprint density at radius 2 is 1.40 bits per heavy atom. The minimum Gasteiger partial charge on any atom is -0.299 e. The number of benzene rings is 2. The Morgan fingerprint density at radius 1 is 0.950 bits per heavy atom. The van der Waals surface area contributed by atoms with Gasteiger partial charge in [-0.15, -0.1) is 0 Å². The summed E-state index contributed by atoms with van der Waals surface area (Å²) >= 11 is 5.78. The Hall–Kier alpha value is -2.20. The highest BCUT2D eigenvalue weighted by molar-refractivity contribution is 6.30. The molecule has 0 atom stereocenters. The number of nitro groups is 1. The van der Waals surface area contributed by atoms with Crippen LogP contribution >= 0.6 is 11.6 Å². The molecule has 102 valence electrons. The first kappa shape index (κ1) is 14.2. The maximum absolute atomic E-state index is 11.9. The van der Waals surface area contributed by atoms with Crippen LogP contribution < -0.4 is 0 Å². The van der Waals surface area contributed by atoms with Gasteiger partial charge >= 0.3 is 0 Å². The average Bonchev–Trinajstić information content (AvgIpc) is 2.42. The summed E-state index contributed by atoms with van der Waals surface area (Å²) in [6.07, 6.45) is 0.592. The van der Waals surface area contributed by atoms with E-state index in [1.165, 1.54) is 12.1 Å². The van der Waals surface area contributed by atoms with Gasteiger partial charge in [-0.25, -0.2) is 0 Å². The van der Waals surface area contributed by atoms with Crippen LogP contribution in [0.15, 0.2) is 48.5 Å². The van der Waals surface area contributed by atoms with Crippen molar-refractivity contribution in [3.63, 3.8) is 0 Å². The highest BCUT2D eigenvalue weighted by atomic mass is 35.5. The van der Waals surface area contributed by atoms with Crippen molar-refractivity contribution >= 4 is 23.1 Å². The van der Waals surface area contributed by atoms with Crippen LogP contribution in [0.5, 0.6) is 0 Å². The fourth-order valence-electron chi connectivity index (χ4n) is 1.86. The van der Waals surface area contributed by atoms with E-state index in [1.807, 2.05) is 12.1 Å². The van der Waals surface area contributed by atoms with Gasteiger partial charge in [-0.2, -0.15) is 0 Å². The van der Waals surface area contributed by atoms with Gasteiger partial charge in [0.2, 0.25) is 0 Å². The number of rotatable bonds is 5. The summed E-state index contributed by atoms with van der Waals surface area (Å²) in [5.41, 5.74) is 1.70. The Labute approximate surface area is 121 Å². The number of hydrogen-bond acceptors (Lipinski definition) is 3. The van der Waals surface area contributed by atoms with E-state index in [1.54, 1.807) is 24.3 Å². The normalized spacial score (nSPS) is 10.2. The van der Waals surface area contributed by atoms with E-state index in [9.17, 15) is 14.9 Å². The molecule has 5 heteroatoms. The third kappa shape index (κ3) is 3.90. The predicted octanol–water partition coefficient (Wildman–Crippen LogP) is 3.60. The Morgan fingerprint density at radius 3 is 1.85 bits per heavy atom. The topological polar surface area (TPSA) is 60.2 Å². The van der Waals surface area contributed by atoms with Crippen molar-refractivity contribution in [3.05, 3.63) is 74.8 Å². The van der Waals surface area contributed by atoms with Crippen LogP contribution in [0.4, 0.5) is 5.69 Å². The third-order valence-electron chi connectivity index (χ3n) is 2.86. The minimum atomic E-state index is -0.459. The molecule has 0 heterocycles. The molecule has 2 rings (SSSR count). The van der Waals surface area contributed by atoms with Crippen molar-refractivity contribution in [2.24, 2.45) is 0 Å². The molecule has 0 saturated heterocycles. The summed E-state index contributed by atoms with van der Waals surface area (Å²) < 4.78 is 0. The van der Waals surface area contributed by atoms with Crippen LogP contribution in [0, 0.1) is 10.1 Å². The molecular weight excluding hydrogens is 278 g/mol. The predicted molar refractivity (Wildman–Crippen MR) is 77.0 cm³/mol. The van der Waals surface area contributed by atoms with Crippen molar-refractivity contribution < 1.29 is 9.72 Å². The van der Waals surface area contributed by atoms with E-state index in [4.69, 9.17) is 11.6 Å². The first-order valence-corrected chi connectivity index (χ1v) is 6.42. The van der Waals surface area contributed by atoms with E-state index in [0.717, 1.165) is 11.1 Å². The lowest BCUT2D eigenvalue weighted by molar-refractivity contribution is -0.384. The first-order valence-electron chi connectivity index (χ1n) is 6.04. The van der Waals surface area contributed by atoms with Crippen LogP contribution in [0.3, 0.4) is 0 Å². The number of nitro benzene ring substituents is 1. The molecule has 4 nitrogen and oxygen atoms in total. The summed E-state index contributed by atoms with van der Waals surface area (Å²) in [6, 6.07) is 13.2. The molecular formula is C15H12ClNO3. The molecule has 0 amide bonds. The number of carbonyl (C=O) groups is 1. The molecule has 0 aliphatic rings. The molecule has 0 aliphatic carbocycles. The van der Waals surface area contributed by atoms with Crippen LogP contribution in [0.25, 0.3) is 0 Å². The second kappa shape index (κ2) is 6.30. The maximum atomic E-state index is 11.9. The summed E-state index contributed by atoms with van der Waals surface area (Å²) in [5, 5.41) is 11.2. The van der Waals surface area contributed by atoms with Gasteiger partial charge < -0.3 is 0 Å². The van der Waals surface area contributed by atoms with Gasteiger partial charge in [-0.3, -0.25) is 14.9 Å². The minimum absolute atomic E-state index is 0.0268. The van der Waals surface area contributed by atoms with Crippen molar-refractivity contribution in [1.29, 1.82) is 0 Å². The zero-order chi connectivity index (χ0) is 14.5. The van der Waals surface area contributed by atoms with Crippen molar-refractivity contribution in [2.45, 2.75) is 12.8 Å². The van der Waals surface area contributed by atoms with Gasteiger partial charge in [-0.1, -0.05) is 35.9 Å². The molecule has 20 heavy (non-hydrogen) atoms. The quantitative estimate of drug-likeness (QED) is 0.624. The molecule has 0 spiro atoms. The molecule has 0 aliphatic heterocycles. The lowest BCUT2D eigenvalue weighted by Gasteiger charge is -2.02.